The van der Waals surface area contributed by atoms with Gasteiger partial charge in [0.2, 0.25) is 0 Å². The third kappa shape index (κ3) is 5.88. The number of urea groups is 1. The van der Waals surface area contributed by atoms with E-state index in [2.05, 4.69) is 36.4 Å². The quantitative estimate of drug-likeness (QED) is 0.781. The average Bonchev–Trinajstić information content (AvgIpc) is 2.64. The first kappa shape index (κ1) is 16.9. The molecule has 0 saturated carbocycles. The van der Waals surface area contributed by atoms with Gasteiger partial charge in [-0.05, 0) is 25.7 Å². The van der Waals surface area contributed by atoms with Crippen molar-refractivity contribution >= 4 is 17.4 Å². The van der Waals surface area contributed by atoms with Crippen molar-refractivity contribution in [2.24, 2.45) is 5.41 Å². The first-order chi connectivity index (χ1) is 9.21. The Morgan fingerprint density at radius 2 is 2.05 bits per heavy atom. The number of amides is 2. The molecule has 1 rings (SSSR count). The van der Waals surface area contributed by atoms with Crippen LogP contribution in [0.3, 0.4) is 0 Å². The molecule has 1 aromatic heterocycles. The molecule has 0 fully saturated rings. The minimum absolute atomic E-state index is 0.0554. The molecule has 0 radical (unpaired) electrons. The van der Waals surface area contributed by atoms with Gasteiger partial charge >= 0.3 is 6.03 Å². The minimum Gasteiger partial charge on any atom is -0.394 e. The molecule has 5 nitrogen and oxygen atoms in total. The summed E-state index contributed by atoms with van der Waals surface area (Å²) in [5.41, 5.74) is 1.07. The summed E-state index contributed by atoms with van der Waals surface area (Å²) in [5, 5.41) is 15.8. The molecule has 1 unspecified atom stereocenters. The van der Waals surface area contributed by atoms with Gasteiger partial charge in [0, 0.05) is 4.88 Å². The fraction of sp³-hybridized carbons (Fsp3) is 0.714. The molecule has 1 aromatic rings. The zero-order valence-electron chi connectivity index (χ0n) is 12.9. The number of carbonyl (C=O) groups excluding carboxylic acids is 1. The summed E-state index contributed by atoms with van der Waals surface area (Å²) in [6, 6.07) is -0.492. The number of aliphatic hydroxyl groups is 1. The van der Waals surface area contributed by atoms with E-state index in [0.29, 0.717) is 6.54 Å². The molecule has 114 valence electrons. The topological polar surface area (TPSA) is 74.2 Å². The number of aliphatic hydroxyl groups excluding tert-OH is 1. The SMILES string of the molecule is Cc1nc(CNC(=O)NC(CO)CC(C)(C)C)sc1C. The largest absolute Gasteiger partial charge is 0.394 e. The Bertz CT molecular complexity index is 432. The van der Waals surface area contributed by atoms with E-state index in [0.717, 1.165) is 17.1 Å². The van der Waals surface area contributed by atoms with Gasteiger partial charge in [0.15, 0.2) is 0 Å². The zero-order chi connectivity index (χ0) is 15.3. The fourth-order valence-electron chi connectivity index (χ4n) is 1.91. The molecular weight excluding hydrogens is 274 g/mol. The molecule has 0 aliphatic carbocycles. The fourth-order valence-corrected chi connectivity index (χ4v) is 2.78. The highest BCUT2D eigenvalue weighted by Gasteiger charge is 2.19. The minimum atomic E-state index is -0.265. The number of thiazole rings is 1. The van der Waals surface area contributed by atoms with E-state index < -0.39 is 0 Å². The maximum atomic E-state index is 11.8. The molecule has 1 atom stereocenters. The zero-order valence-corrected chi connectivity index (χ0v) is 13.7. The van der Waals surface area contributed by atoms with Crippen molar-refractivity contribution < 1.29 is 9.90 Å². The first-order valence-electron chi connectivity index (χ1n) is 6.79. The molecule has 3 N–H and O–H groups in total. The Balaban J connectivity index is 2.42. The van der Waals surface area contributed by atoms with Crippen molar-refractivity contribution in [1.29, 1.82) is 0 Å². The van der Waals surface area contributed by atoms with Crippen molar-refractivity contribution in [3.05, 3.63) is 15.6 Å². The summed E-state index contributed by atoms with van der Waals surface area (Å²) in [6.07, 6.45) is 0.729. The van der Waals surface area contributed by atoms with E-state index in [1.165, 1.54) is 4.88 Å². The van der Waals surface area contributed by atoms with E-state index in [-0.39, 0.29) is 24.1 Å². The van der Waals surface area contributed by atoms with Crippen LogP contribution in [0, 0.1) is 19.3 Å². The summed E-state index contributed by atoms with van der Waals surface area (Å²) in [5.74, 6) is 0. The van der Waals surface area contributed by atoms with Crippen LogP contribution in [-0.4, -0.2) is 28.8 Å². The molecule has 0 aromatic carbocycles. The van der Waals surface area contributed by atoms with Gasteiger partial charge in [-0.3, -0.25) is 0 Å². The van der Waals surface area contributed by atoms with E-state index >= 15 is 0 Å². The Labute approximate surface area is 124 Å². The summed E-state index contributed by atoms with van der Waals surface area (Å²) < 4.78 is 0. The lowest BCUT2D eigenvalue weighted by Crippen LogP contribution is -2.45. The van der Waals surface area contributed by atoms with Gasteiger partial charge in [0.1, 0.15) is 5.01 Å². The number of aryl methyl sites for hydroxylation is 2. The standard InChI is InChI=1S/C14H25N3O2S/c1-9-10(2)20-12(16-9)7-15-13(19)17-11(8-18)6-14(3,4)5/h11,18H,6-8H2,1-5H3,(H2,15,17,19). The van der Waals surface area contributed by atoms with E-state index in [1.54, 1.807) is 11.3 Å². The van der Waals surface area contributed by atoms with Crippen molar-refractivity contribution in [1.82, 2.24) is 15.6 Å². The summed E-state index contributed by atoms with van der Waals surface area (Å²) >= 11 is 1.59. The lowest BCUT2D eigenvalue weighted by Gasteiger charge is -2.25. The van der Waals surface area contributed by atoms with Crippen molar-refractivity contribution in [2.75, 3.05) is 6.61 Å². The number of aromatic nitrogens is 1. The molecule has 2 amide bonds. The first-order valence-corrected chi connectivity index (χ1v) is 7.61. The second-order valence-electron chi connectivity index (χ2n) is 6.22. The summed E-state index contributed by atoms with van der Waals surface area (Å²) in [6.45, 7) is 10.6. The Kier molecular flexibility index (Phi) is 5.95. The van der Waals surface area contributed by atoms with Crippen LogP contribution in [0.15, 0.2) is 0 Å². The second kappa shape index (κ2) is 7.04. The van der Waals surface area contributed by atoms with E-state index in [1.807, 2.05) is 13.8 Å². The summed E-state index contributed by atoms with van der Waals surface area (Å²) in [7, 11) is 0. The smallest absolute Gasteiger partial charge is 0.315 e. The normalized spacial score (nSPS) is 13.1. The van der Waals surface area contributed by atoms with Gasteiger partial charge in [-0.15, -0.1) is 11.3 Å². The van der Waals surface area contributed by atoms with E-state index in [4.69, 9.17) is 0 Å². The lowest BCUT2D eigenvalue weighted by atomic mass is 9.88. The Hall–Kier alpha value is -1.14. The lowest BCUT2D eigenvalue weighted by molar-refractivity contribution is 0.190. The van der Waals surface area contributed by atoms with Gasteiger partial charge < -0.3 is 15.7 Å². The molecular formula is C14H25N3O2S. The van der Waals surface area contributed by atoms with Crippen LogP contribution in [0.5, 0.6) is 0 Å². The molecule has 0 aliphatic rings. The number of hydrogen-bond donors (Lipinski definition) is 3. The number of nitrogens with one attached hydrogen (secondary N) is 2. The van der Waals surface area contributed by atoms with Crippen LogP contribution in [0.2, 0.25) is 0 Å². The van der Waals surface area contributed by atoms with Crippen molar-refractivity contribution in [3.8, 4) is 0 Å². The van der Waals surface area contributed by atoms with Crippen LogP contribution in [0.1, 0.15) is 42.8 Å². The number of nitrogens with zero attached hydrogens (tertiary/aromatic N) is 1. The van der Waals surface area contributed by atoms with Crippen LogP contribution in [0.4, 0.5) is 4.79 Å². The molecule has 0 spiro atoms. The van der Waals surface area contributed by atoms with Gasteiger partial charge in [0.05, 0.1) is 24.9 Å². The highest BCUT2D eigenvalue weighted by molar-refractivity contribution is 7.11. The molecule has 0 aliphatic heterocycles. The molecule has 0 bridgehead atoms. The van der Waals surface area contributed by atoms with E-state index in [9.17, 15) is 9.90 Å². The third-order valence-electron chi connectivity index (χ3n) is 2.89. The van der Waals surface area contributed by atoms with Gasteiger partial charge in [-0.2, -0.15) is 0 Å². The average molecular weight is 299 g/mol. The van der Waals surface area contributed by atoms with Gasteiger partial charge in [-0.1, -0.05) is 20.8 Å². The molecule has 1 heterocycles. The Morgan fingerprint density at radius 1 is 1.40 bits per heavy atom. The number of rotatable bonds is 5. The van der Waals surface area contributed by atoms with Crippen molar-refractivity contribution in [3.63, 3.8) is 0 Å². The number of carbonyl (C=O) groups is 1. The third-order valence-corrected chi connectivity index (χ3v) is 3.96. The monoisotopic (exact) mass is 299 g/mol. The van der Waals surface area contributed by atoms with Crippen LogP contribution < -0.4 is 10.6 Å². The predicted molar refractivity (Wildman–Crippen MR) is 81.9 cm³/mol. The van der Waals surface area contributed by atoms with Gasteiger partial charge in [0.25, 0.3) is 0 Å². The highest BCUT2D eigenvalue weighted by atomic mass is 32.1. The van der Waals surface area contributed by atoms with Crippen LogP contribution >= 0.6 is 11.3 Å². The van der Waals surface area contributed by atoms with Crippen LogP contribution in [0.25, 0.3) is 0 Å². The maximum Gasteiger partial charge on any atom is 0.315 e. The van der Waals surface area contributed by atoms with Crippen molar-refractivity contribution in [2.45, 2.75) is 53.6 Å². The number of hydrogen-bond acceptors (Lipinski definition) is 4. The maximum absolute atomic E-state index is 11.8. The van der Waals surface area contributed by atoms with Crippen LogP contribution in [-0.2, 0) is 6.54 Å². The molecule has 0 saturated heterocycles. The molecule has 20 heavy (non-hydrogen) atoms. The summed E-state index contributed by atoms with van der Waals surface area (Å²) in [4.78, 5) is 17.3. The van der Waals surface area contributed by atoms with Gasteiger partial charge in [-0.25, -0.2) is 9.78 Å². The molecule has 6 heteroatoms. The predicted octanol–water partition coefficient (Wildman–Crippen LogP) is 2.36. The second-order valence-corrected chi connectivity index (χ2v) is 7.51. The highest BCUT2D eigenvalue weighted by Crippen LogP contribution is 2.20. The Morgan fingerprint density at radius 3 is 2.50 bits per heavy atom.